The fraction of sp³-hybridized carbons (Fsp3) is 0.600. The summed E-state index contributed by atoms with van der Waals surface area (Å²) in [7, 11) is 0. The number of hydrogen-bond acceptors (Lipinski definition) is 2. The van der Waals surface area contributed by atoms with Crippen LogP contribution in [0.2, 0.25) is 0 Å². The molecule has 1 saturated carbocycles. The Morgan fingerprint density at radius 2 is 2.18 bits per heavy atom. The second-order valence-corrected chi connectivity index (χ2v) is 6.92. The van der Waals surface area contributed by atoms with Crippen LogP contribution in [0.25, 0.3) is 0 Å². The van der Waals surface area contributed by atoms with Gasteiger partial charge < -0.3 is 5.32 Å². The van der Waals surface area contributed by atoms with Crippen molar-refractivity contribution in [3.05, 3.63) is 29.8 Å². The quantitative estimate of drug-likeness (QED) is 0.877. The van der Waals surface area contributed by atoms with Gasteiger partial charge in [0.15, 0.2) is 0 Å². The summed E-state index contributed by atoms with van der Waals surface area (Å²) in [5.41, 5.74) is 1.55. The summed E-state index contributed by atoms with van der Waals surface area (Å²) in [5.74, 6) is 0.931. The Hall–Kier alpha value is -0.470. The fourth-order valence-electron chi connectivity index (χ4n) is 3.06. The van der Waals surface area contributed by atoms with Crippen molar-refractivity contribution in [1.29, 1.82) is 0 Å². The first-order valence-corrected chi connectivity index (χ1v) is 7.67. The number of fused-ring (bicyclic) bond motifs is 1. The lowest BCUT2D eigenvalue weighted by molar-refractivity contribution is 0.501. The van der Waals surface area contributed by atoms with Crippen LogP contribution in [-0.2, 0) is 6.42 Å². The molecule has 3 unspecified atom stereocenters. The van der Waals surface area contributed by atoms with Crippen molar-refractivity contribution in [2.75, 3.05) is 6.54 Å². The molecular weight excluding hydrogens is 226 g/mol. The van der Waals surface area contributed by atoms with Crippen LogP contribution in [0.5, 0.6) is 0 Å². The molecule has 1 aromatic carbocycles. The standard InChI is InChI=1S/C15H21NS/c1-11-6-7-13(8-11)16-10-14-9-12-4-2-3-5-15(12)17-14/h2-5,11,13-14,16H,6-10H2,1H3. The zero-order valence-corrected chi connectivity index (χ0v) is 11.3. The molecule has 1 nitrogen and oxygen atoms in total. The highest BCUT2D eigenvalue weighted by molar-refractivity contribution is 8.00. The van der Waals surface area contributed by atoms with Gasteiger partial charge in [0.2, 0.25) is 0 Å². The Bertz CT molecular complexity index is 365. The van der Waals surface area contributed by atoms with Crippen molar-refractivity contribution < 1.29 is 0 Å². The number of benzene rings is 1. The van der Waals surface area contributed by atoms with Crippen LogP contribution >= 0.6 is 11.8 Å². The fourth-order valence-corrected chi connectivity index (χ4v) is 4.32. The van der Waals surface area contributed by atoms with Crippen LogP contribution in [0.3, 0.4) is 0 Å². The lowest BCUT2D eigenvalue weighted by Crippen LogP contribution is -2.32. The van der Waals surface area contributed by atoms with Gasteiger partial charge in [-0.2, -0.15) is 0 Å². The topological polar surface area (TPSA) is 12.0 Å². The van der Waals surface area contributed by atoms with Crippen molar-refractivity contribution in [3.8, 4) is 0 Å². The molecule has 0 amide bonds. The highest BCUT2D eigenvalue weighted by Gasteiger charge is 2.25. The SMILES string of the molecule is CC1CCC(NCC2Cc3ccccc3S2)C1. The Balaban J connectivity index is 1.49. The minimum atomic E-state index is 0.753. The zero-order valence-electron chi connectivity index (χ0n) is 10.5. The van der Waals surface area contributed by atoms with Gasteiger partial charge in [-0.05, 0) is 43.2 Å². The van der Waals surface area contributed by atoms with Crippen molar-refractivity contribution in [1.82, 2.24) is 5.32 Å². The van der Waals surface area contributed by atoms with E-state index in [-0.39, 0.29) is 0 Å². The molecule has 2 heteroatoms. The second kappa shape index (κ2) is 5.03. The molecule has 0 radical (unpaired) electrons. The molecular formula is C15H21NS. The monoisotopic (exact) mass is 247 g/mol. The average molecular weight is 247 g/mol. The van der Waals surface area contributed by atoms with Crippen LogP contribution in [0.4, 0.5) is 0 Å². The van der Waals surface area contributed by atoms with E-state index in [0.717, 1.165) is 17.2 Å². The van der Waals surface area contributed by atoms with Crippen molar-refractivity contribution in [3.63, 3.8) is 0 Å². The molecule has 17 heavy (non-hydrogen) atoms. The van der Waals surface area contributed by atoms with E-state index in [9.17, 15) is 0 Å². The average Bonchev–Trinajstić information content (AvgIpc) is 2.91. The third-order valence-corrected chi connectivity index (χ3v) is 5.36. The molecule has 1 fully saturated rings. The minimum absolute atomic E-state index is 0.753. The van der Waals surface area contributed by atoms with Crippen LogP contribution in [0.1, 0.15) is 31.7 Å². The van der Waals surface area contributed by atoms with Gasteiger partial charge in [0.1, 0.15) is 0 Å². The normalized spacial score (nSPS) is 31.7. The molecule has 1 aliphatic carbocycles. The smallest absolute Gasteiger partial charge is 0.0260 e. The van der Waals surface area contributed by atoms with E-state index in [4.69, 9.17) is 0 Å². The summed E-state index contributed by atoms with van der Waals surface area (Å²) < 4.78 is 0. The van der Waals surface area contributed by atoms with E-state index in [0.29, 0.717) is 0 Å². The molecule has 1 aliphatic heterocycles. The number of rotatable bonds is 3. The lowest BCUT2D eigenvalue weighted by atomic mass is 10.1. The van der Waals surface area contributed by atoms with Crippen molar-refractivity contribution in [2.45, 2.75) is 48.8 Å². The van der Waals surface area contributed by atoms with Gasteiger partial charge in [-0.3, -0.25) is 0 Å². The maximum Gasteiger partial charge on any atom is 0.0260 e. The second-order valence-electron chi connectivity index (χ2n) is 5.58. The van der Waals surface area contributed by atoms with Crippen molar-refractivity contribution in [2.24, 2.45) is 5.92 Å². The molecule has 1 N–H and O–H groups in total. The van der Waals surface area contributed by atoms with E-state index < -0.39 is 0 Å². The van der Waals surface area contributed by atoms with E-state index in [1.165, 1.54) is 37.1 Å². The molecule has 1 heterocycles. The highest BCUT2D eigenvalue weighted by Crippen LogP contribution is 2.36. The third-order valence-electron chi connectivity index (χ3n) is 4.04. The Morgan fingerprint density at radius 3 is 2.94 bits per heavy atom. The highest BCUT2D eigenvalue weighted by atomic mass is 32.2. The van der Waals surface area contributed by atoms with Gasteiger partial charge in [-0.15, -0.1) is 11.8 Å². The van der Waals surface area contributed by atoms with Crippen LogP contribution in [0.15, 0.2) is 29.2 Å². The third kappa shape index (κ3) is 2.69. The number of thioether (sulfide) groups is 1. The molecule has 3 rings (SSSR count). The minimum Gasteiger partial charge on any atom is -0.313 e. The molecule has 92 valence electrons. The maximum atomic E-state index is 3.77. The van der Waals surface area contributed by atoms with E-state index in [1.54, 1.807) is 5.56 Å². The van der Waals surface area contributed by atoms with Gasteiger partial charge >= 0.3 is 0 Å². The maximum absolute atomic E-state index is 3.77. The summed E-state index contributed by atoms with van der Waals surface area (Å²) >= 11 is 2.06. The molecule has 3 atom stereocenters. The van der Waals surface area contributed by atoms with Crippen LogP contribution in [0, 0.1) is 5.92 Å². The first-order chi connectivity index (χ1) is 8.31. The predicted molar refractivity (Wildman–Crippen MR) is 74.6 cm³/mol. The number of hydrogen-bond donors (Lipinski definition) is 1. The van der Waals surface area contributed by atoms with Crippen molar-refractivity contribution >= 4 is 11.8 Å². The van der Waals surface area contributed by atoms with E-state index >= 15 is 0 Å². The van der Waals surface area contributed by atoms with Gasteiger partial charge in [0, 0.05) is 22.7 Å². The first kappa shape index (κ1) is 11.6. The summed E-state index contributed by atoms with van der Waals surface area (Å²) in [6.07, 6.45) is 5.42. The number of nitrogens with one attached hydrogen (secondary N) is 1. The van der Waals surface area contributed by atoms with Gasteiger partial charge in [0.05, 0.1) is 0 Å². The van der Waals surface area contributed by atoms with Gasteiger partial charge in [0.25, 0.3) is 0 Å². The summed E-state index contributed by atoms with van der Waals surface area (Å²) in [6, 6.07) is 9.64. The Morgan fingerprint density at radius 1 is 1.29 bits per heavy atom. The Kier molecular flexibility index (Phi) is 3.44. The summed E-state index contributed by atoms with van der Waals surface area (Å²) in [5, 5.41) is 4.52. The molecule has 0 saturated heterocycles. The van der Waals surface area contributed by atoms with E-state index in [1.807, 2.05) is 0 Å². The summed E-state index contributed by atoms with van der Waals surface area (Å²) in [4.78, 5) is 1.50. The lowest BCUT2D eigenvalue weighted by Gasteiger charge is -2.15. The predicted octanol–water partition coefficient (Wildman–Crippen LogP) is 3.48. The Labute approximate surface area is 108 Å². The van der Waals surface area contributed by atoms with Crippen LogP contribution < -0.4 is 5.32 Å². The van der Waals surface area contributed by atoms with Gasteiger partial charge in [-0.1, -0.05) is 25.1 Å². The first-order valence-electron chi connectivity index (χ1n) is 6.79. The largest absolute Gasteiger partial charge is 0.313 e. The molecule has 0 aromatic heterocycles. The summed E-state index contributed by atoms with van der Waals surface area (Å²) in [6.45, 7) is 3.55. The van der Waals surface area contributed by atoms with Crippen LogP contribution in [-0.4, -0.2) is 17.8 Å². The van der Waals surface area contributed by atoms with Gasteiger partial charge in [-0.25, -0.2) is 0 Å². The molecule has 0 spiro atoms. The molecule has 2 aliphatic rings. The zero-order chi connectivity index (χ0) is 11.7. The molecule has 0 bridgehead atoms. The van der Waals surface area contributed by atoms with E-state index in [2.05, 4.69) is 48.3 Å². The molecule has 1 aromatic rings.